The van der Waals surface area contributed by atoms with Crippen LogP contribution in [0.2, 0.25) is 0 Å². The molecule has 0 atom stereocenters. The van der Waals surface area contributed by atoms with Gasteiger partial charge in [-0.1, -0.05) is 6.92 Å². The van der Waals surface area contributed by atoms with Gasteiger partial charge in [-0.3, -0.25) is 0 Å². The molecule has 0 saturated heterocycles. The van der Waals surface area contributed by atoms with Crippen molar-refractivity contribution < 1.29 is 79.9 Å². The van der Waals surface area contributed by atoms with E-state index >= 15 is 0 Å². The van der Waals surface area contributed by atoms with E-state index in [0.717, 1.165) is 6.42 Å². The molecule has 0 aromatic heterocycles. The molecule has 18 heavy (non-hydrogen) atoms. The van der Waals surface area contributed by atoms with Crippen molar-refractivity contribution in [1.29, 1.82) is 0 Å². The minimum Gasteiger partial charge on any atom is -0.235 e. The first-order chi connectivity index (χ1) is 7.27. The predicted molar refractivity (Wildman–Crippen MR) is 25.3 cm³/mol. The van der Waals surface area contributed by atoms with Gasteiger partial charge in [0.05, 0.1) is 6.54 Å². The van der Waals surface area contributed by atoms with Crippen molar-refractivity contribution in [2.24, 2.45) is 0 Å². The molecule has 0 heterocycles. The Morgan fingerprint density at radius 1 is 0.944 bits per heavy atom. The van der Waals surface area contributed by atoms with Gasteiger partial charge in [-0.15, -0.1) is 25.9 Å². The minimum absolute atomic E-state index is 0. The van der Waals surface area contributed by atoms with Crippen LogP contribution < -0.4 is 42.7 Å². The second kappa shape index (κ2) is 13.4. The topological polar surface area (TPSA) is 240 Å². The average molecular weight is 367 g/mol. The van der Waals surface area contributed by atoms with Gasteiger partial charge in [0.25, 0.3) is 0 Å². The third-order valence-corrected chi connectivity index (χ3v) is 0.491. The molecule has 12 nitrogen and oxygen atoms in total. The molecule has 1 radical (unpaired) electrons. The summed E-state index contributed by atoms with van der Waals surface area (Å²) in [6.07, 6.45) is 0.793. The Hall–Kier alpha value is -0.0205. The predicted octanol–water partition coefficient (Wildman–Crippen LogP) is -9.34. The third kappa shape index (κ3) is 226. The number of halogens is 2. The van der Waals surface area contributed by atoms with E-state index < -0.39 is 25.5 Å². The minimum atomic E-state index is -4.94. The maximum atomic E-state index is 9.45. The van der Waals surface area contributed by atoms with E-state index in [0.29, 0.717) is 6.54 Å². The van der Waals surface area contributed by atoms with Gasteiger partial charge >= 0.3 is 17.1 Å². The van der Waals surface area contributed by atoms with E-state index in [2.05, 4.69) is 0 Å². The van der Waals surface area contributed by atoms with Gasteiger partial charge < -0.3 is 0 Å². The summed E-state index contributed by atoms with van der Waals surface area (Å²) < 4.78 is 67.9. The zero-order valence-corrected chi connectivity index (χ0v) is 11.0. The number of rotatable bonds is 3. The quantitative estimate of drug-likeness (QED) is 0.279. The van der Waals surface area contributed by atoms with Crippen LogP contribution in [-0.4, -0.2) is 11.6 Å². The van der Waals surface area contributed by atoms with Crippen LogP contribution in [0, 0.1) is 30.6 Å². The molecule has 15 heteroatoms. The molecule has 115 valence electrons. The molecule has 0 aliphatic rings. The summed E-state index contributed by atoms with van der Waals surface area (Å²) in [7, 11) is -9.89. The smallest absolute Gasteiger partial charge is 0.235 e. The van der Waals surface area contributed by atoms with E-state index in [4.69, 9.17) is 37.3 Å². The Kier molecular flexibility index (Phi) is 19.8. The van der Waals surface area contributed by atoms with Crippen LogP contribution in [0.3, 0.4) is 0 Å². The van der Waals surface area contributed by atoms with Gasteiger partial charge in [-0.05, 0) is 6.42 Å². The van der Waals surface area contributed by atoms with E-state index in [1.165, 1.54) is 0 Å². The SMILES string of the molecule is CCCN[N+](=O)[O-].[Cu+2].[O-][Cl+3]([O-])([O-])[O-].[O-][Cl+3]([O-])([O-])[O-]. The first kappa shape index (κ1) is 26.5. The van der Waals surface area contributed by atoms with Crippen molar-refractivity contribution in [2.45, 2.75) is 13.3 Å². The number of hydrogen-bond acceptors (Lipinski definition) is 10. The van der Waals surface area contributed by atoms with Crippen molar-refractivity contribution >= 4 is 0 Å². The number of hydrogen-bond donors (Lipinski definition) is 1. The molecule has 0 aromatic rings. The summed E-state index contributed by atoms with van der Waals surface area (Å²) in [5.41, 5.74) is 2.02. The Balaban J connectivity index is -0.0000000813. The maximum Gasteiger partial charge on any atom is 2.00 e. The van der Waals surface area contributed by atoms with E-state index in [1.54, 1.807) is 0 Å². The second-order valence-corrected chi connectivity index (χ2v) is 3.43. The normalized spacial score (nSPS) is 9.83. The van der Waals surface area contributed by atoms with Crippen LogP contribution >= 0.6 is 0 Å². The molecular weight excluding hydrogens is 358 g/mol. The van der Waals surface area contributed by atoms with Gasteiger partial charge in [0.2, 0.25) is 0 Å². The zero-order chi connectivity index (χ0) is 14.7. The van der Waals surface area contributed by atoms with E-state index in [9.17, 15) is 10.1 Å². The monoisotopic (exact) mass is 365 g/mol. The summed E-state index contributed by atoms with van der Waals surface area (Å²) in [5, 5.41) is 8.91. The zero-order valence-electron chi connectivity index (χ0n) is 8.50. The second-order valence-electron chi connectivity index (χ2n) is 1.92. The third-order valence-electron chi connectivity index (χ3n) is 0.491. The molecule has 0 aromatic carbocycles. The molecule has 0 aliphatic carbocycles. The van der Waals surface area contributed by atoms with E-state index in [1.807, 2.05) is 12.3 Å². The van der Waals surface area contributed by atoms with Crippen molar-refractivity contribution in [3.63, 3.8) is 0 Å². The fourth-order valence-corrected chi connectivity index (χ4v) is 0.203. The summed E-state index contributed by atoms with van der Waals surface area (Å²) in [6.45, 7) is 2.32. The van der Waals surface area contributed by atoms with Crippen LogP contribution in [0.1, 0.15) is 13.3 Å². The van der Waals surface area contributed by atoms with Crippen LogP contribution in [0.4, 0.5) is 0 Å². The van der Waals surface area contributed by atoms with Crippen LogP contribution in [0.15, 0.2) is 0 Å². The Morgan fingerprint density at radius 2 is 1.17 bits per heavy atom. The van der Waals surface area contributed by atoms with Gasteiger partial charge in [-0.2, -0.15) is 0 Å². The van der Waals surface area contributed by atoms with E-state index in [-0.39, 0.29) is 17.1 Å². The molecule has 0 aliphatic heterocycles. The molecule has 1 N–H and O–H groups in total. The summed E-state index contributed by atoms with van der Waals surface area (Å²) >= 11 is 0. The van der Waals surface area contributed by atoms with Gasteiger partial charge in [0.15, 0.2) is 5.03 Å². The average Bonchev–Trinajstić information content (AvgIpc) is 1.93. The number of hydrazine groups is 1. The van der Waals surface area contributed by atoms with Gasteiger partial charge in [0, 0.05) is 0 Å². The number of nitrogens with zero attached hydrogens (tertiary/aromatic N) is 1. The molecule has 0 spiro atoms. The Bertz CT molecular complexity index is 171. The Morgan fingerprint density at radius 3 is 1.22 bits per heavy atom. The van der Waals surface area contributed by atoms with Gasteiger partial charge in [0.1, 0.15) is 0 Å². The fraction of sp³-hybridized carbons (Fsp3) is 1.00. The van der Waals surface area contributed by atoms with Crippen LogP contribution in [-0.2, 0) is 17.1 Å². The molecule has 0 unspecified atom stereocenters. The largest absolute Gasteiger partial charge is 2.00 e. The van der Waals surface area contributed by atoms with Crippen molar-refractivity contribution in [1.82, 2.24) is 5.43 Å². The first-order valence-electron chi connectivity index (χ1n) is 3.38. The van der Waals surface area contributed by atoms with Crippen molar-refractivity contribution in [3.05, 3.63) is 10.1 Å². The number of nitro groups is 1. The maximum absolute atomic E-state index is 9.45. The van der Waals surface area contributed by atoms with Gasteiger partial charge in [-0.25, -0.2) is 47.4 Å². The molecule has 0 saturated carbocycles. The fourth-order valence-electron chi connectivity index (χ4n) is 0.203. The molecule has 0 bridgehead atoms. The summed E-state index contributed by atoms with van der Waals surface area (Å²) in [6, 6.07) is 0. The molecular formula is C3H8Cl2CuN2O10. The standard InChI is InChI=1S/C3H8N2O2.2ClHO4.Cu/c1-2-3-4-5(6)7;2*2-1(3,4)5;/h4H,2-3H2,1H3;2*(H,2,3,4,5);/q;;;+2/p-2. The summed E-state index contributed by atoms with van der Waals surface area (Å²) in [5.74, 6) is 0. The van der Waals surface area contributed by atoms with Crippen molar-refractivity contribution in [3.8, 4) is 0 Å². The molecule has 0 rings (SSSR count). The molecule has 0 amide bonds. The Labute approximate surface area is 116 Å². The first-order valence-corrected chi connectivity index (χ1v) is 5.85. The molecule has 0 fully saturated rings. The summed E-state index contributed by atoms with van der Waals surface area (Å²) in [4.78, 5) is 9.45. The van der Waals surface area contributed by atoms with Crippen molar-refractivity contribution in [2.75, 3.05) is 6.54 Å². The number of nitrogens with one attached hydrogen (secondary N) is 1. The van der Waals surface area contributed by atoms with Crippen LogP contribution in [0.5, 0.6) is 0 Å². The van der Waals surface area contributed by atoms with Crippen LogP contribution in [0.25, 0.3) is 0 Å².